The Balaban J connectivity index is 1.60. The maximum absolute atomic E-state index is 13.3. The molecule has 1 saturated heterocycles. The number of likely N-dealkylation sites (N-methyl/N-ethyl adjacent to an activating group) is 1. The van der Waals surface area contributed by atoms with Gasteiger partial charge in [0.1, 0.15) is 5.82 Å². The van der Waals surface area contributed by atoms with Gasteiger partial charge in [0.25, 0.3) is 5.91 Å². The lowest BCUT2D eigenvalue weighted by molar-refractivity contribution is -0.0281. The third-order valence-electron chi connectivity index (χ3n) is 5.33. The molecule has 0 radical (unpaired) electrons. The van der Waals surface area contributed by atoms with Crippen molar-refractivity contribution < 1.29 is 18.7 Å². The van der Waals surface area contributed by atoms with Crippen molar-refractivity contribution in [3.63, 3.8) is 0 Å². The lowest BCUT2D eigenvalue weighted by Gasteiger charge is -2.36. The van der Waals surface area contributed by atoms with Crippen LogP contribution in [0.15, 0.2) is 54.6 Å². The number of morpholine rings is 1. The van der Waals surface area contributed by atoms with Crippen molar-refractivity contribution in [3.8, 4) is 0 Å². The van der Waals surface area contributed by atoms with Crippen LogP contribution in [0.4, 0.5) is 9.18 Å². The van der Waals surface area contributed by atoms with Gasteiger partial charge in [-0.25, -0.2) is 9.18 Å². The molecule has 32 heavy (non-hydrogen) atoms. The Morgan fingerprint density at radius 3 is 2.50 bits per heavy atom. The number of benzene rings is 2. The average molecular weight is 443 g/mol. The molecular formula is C24H31FN4O3. The van der Waals surface area contributed by atoms with Crippen molar-refractivity contribution in [1.29, 1.82) is 0 Å². The van der Waals surface area contributed by atoms with Crippen molar-refractivity contribution in [2.24, 2.45) is 0 Å². The number of rotatable bonds is 8. The van der Waals surface area contributed by atoms with E-state index in [1.165, 1.54) is 24.3 Å². The van der Waals surface area contributed by atoms with Crippen LogP contribution in [-0.4, -0.2) is 86.2 Å². The van der Waals surface area contributed by atoms with Gasteiger partial charge in [-0.05, 0) is 43.9 Å². The number of hydrogen-bond acceptors (Lipinski definition) is 4. The molecule has 3 rings (SSSR count). The SMILES string of the molecule is CN(C)CCN(CC1CN(C(=O)NCc2ccccc2)CCO1)C(=O)c1ccc(F)cc1. The van der Waals surface area contributed by atoms with Gasteiger partial charge < -0.3 is 24.8 Å². The van der Waals surface area contributed by atoms with E-state index in [1.807, 2.05) is 49.3 Å². The fraction of sp³-hybridized carbons (Fsp3) is 0.417. The standard InChI is InChI=1S/C24H31FN4O3/c1-27(2)12-13-28(23(30)20-8-10-21(25)11-9-20)17-22-18-29(14-15-32-22)24(31)26-16-19-6-4-3-5-7-19/h3-11,22H,12-18H2,1-2H3,(H,26,31). The predicted octanol–water partition coefficient (Wildman–Crippen LogP) is 2.44. The fourth-order valence-electron chi connectivity index (χ4n) is 3.52. The summed E-state index contributed by atoms with van der Waals surface area (Å²) in [7, 11) is 3.88. The highest BCUT2D eigenvalue weighted by Gasteiger charge is 2.28. The maximum atomic E-state index is 13.3. The minimum Gasteiger partial charge on any atom is -0.373 e. The number of nitrogens with one attached hydrogen (secondary N) is 1. The minimum atomic E-state index is -0.380. The molecule has 8 heteroatoms. The van der Waals surface area contributed by atoms with Crippen LogP contribution >= 0.6 is 0 Å². The summed E-state index contributed by atoms with van der Waals surface area (Å²) in [6, 6.07) is 15.1. The molecule has 1 atom stereocenters. The molecule has 1 heterocycles. The molecule has 3 amide bonds. The van der Waals surface area contributed by atoms with Crippen LogP contribution in [0.2, 0.25) is 0 Å². The van der Waals surface area contributed by atoms with Gasteiger partial charge >= 0.3 is 6.03 Å². The lowest BCUT2D eigenvalue weighted by atomic mass is 10.1. The molecule has 1 fully saturated rings. The smallest absolute Gasteiger partial charge is 0.317 e. The molecule has 1 N–H and O–H groups in total. The molecule has 2 aromatic rings. The second kappa shape index (κ2) is 11.6. The second-order valence-corrected chi connectivity index (χ2v) is 8.14. The van der Waals surface area contributed by atoms with E-state index >= 15 is 0 Å². The van der Waals surface area contributed by atoms with Crippen molar-refractivity contribution in [3.05, 3.63) is 71.5 Å². The highest BCUT2D eigenvalue weighted by atomic mass is 19.1. The first-order valence-electron chi connectivity index (χ1n) is 10.8. The number of halogens is 1. The van der Waals surface area contributed by atoms with Gasteiger partial charge in [-0.2, -0.15) is 0 Å². The second-order valence-electron chi connectivity index (χ2n) is 8.14. The third-order valence-corrected chi connectivity index (χ3v) is 5.33. The predicted molar refractivity (Wildman–Crippen MR) is 121 cm³/mol. The summed E-state index contributed by atoms with van der Waals surface area (Å²) in [4.78, 5) is 31.1. The lowest BCUT2D eigenvalue weighted by Crippen LogP contribution is -2.53. The maximum Gasteiger partial charge on any atom is 0.317 e. The van der Waals surface area contributed by atoms with E-state index in [1.54, 1.807) is 9.80 Å². The van der Waals surface area contributed by atoms with Crippen LogP contribution in [0, 0.1) is 5.82 Å². The van der Waals surface area contributed by atoms with Crippen LogP contribution < -0.4 is 5.32 Å². The zero-order chi connectivity index (χ0) is 22.9. The Labute approximate surface area is 188 Å². The highest BCUT2D eigenvalue weighted by Crippen LogP contribution is 2.12. The molecule has 1 aliphatic heterocycles. The quantitative estimate of drug-likeness (QED) is 0.682. The third kappa shape index (κ3) is 7.03. The summed E-state index contributed by atoms with van der Waals surface area (Å²) in [5.74, 6) is -0.560. The Bertz CT molecular complexity index is 877. The van der Waals surface area contributed by atoms with E-state index in [0.29, 0.717) is 51.4 Å². The summed E-state index contributed by atoms with van der Waals surface area (Å²) in [5, 5.41) is 2.95. The molecule has 172 valence electrons. The molecule has 0 saturated carbocycles. The van der Waals surface area contributed by atoms with Crippen LogP contribution in [0.5, 0.6) is 0 Å². The first-order valence-corrected chi connectivity index (χ1v) is 10.8. The Hall–Kier alpha value is -2.97. The van der Waals surface area contributed by atoms with Crippen molar-refractivity contribution in [1.82, 2.24) is 20.0 Å². The number of nitrogens with zero attached hydrogens (tertiary/aromatic N) is 3. The van der Waals surface area contributed by atoms with Crippen molar-refractivity contribution >= 4 is 11.9 Å². The number of hydrogen-bond donors (Lipinski definition) is 1. The number of amides is 3. The van der Waals surface area contributed by atoms with E-state index in [2.05, 4.69) is 5.32 Å². The topological polar surface area (TPSA) is 65.1 Å². The Kier molecular flexibility index (Phi) is 8.58. The van der Waals surface area contributed by atoms with Gasteiger partial charge in [0, 0.05) is 38.3 Å². The molecule has 2 aromatic carbocycles. The molecular weight excluding hydrogens is 411 g/mol. The number of carbonyl (C=O) groups excluding carboxylic acids is 2. The fourth-order valence-corrected chi connectivity index (χ4v) is 3.52. The molecule has 0 aromatic heterocycles. The summed E-state index contributed by atoms with van der Waals surface area (Å²) in [6.45, 7) is 3.31. The molecule has 1 aliphatic rings. The number of carbonyl (C=O) groups is 2. The van der Waals surface area contributed by atoms with E-state index in [0.717, 1.165) is 5.56 Å². The molecule has 1 unspecified atom stereocenters. The molecule has 7 nitrogen and oxygen atoms in total. The van der Waals surface area contributed by atoms with Gasteiger partial charge in [0.05, 0.1) is 19.3 Å². The van der Waals surface area contributed by atoms with Crippen LogP contribution in [-0.2, 0) is 11.3 Å². The summed E-state index contributed by atoms with van der Waals surface area (Å²) >= 11 is 0. The zero-order valence-corrected chi connectivity index (χ0v) is 18.7. The zero-order valence-electron chi connectivity index (χ0n) is 18.7. The highest BCUT2D eigenvalue weighted by molar-refractivity contribution is 5.94. The van der Waals surface area contributed by atoms with Gasteiger partial charge in [-0.1, -0.05) is 30.3 Å². The number of urea groups is 1. The normalized spacial score (nSPS) is 16.1. The minimum absolute atomic E-state index is 0.146. The largest absolute Gasteiger partial charge is 0.373 e. The van der Waals surface area contributed by atoms with Gasteiger partial charge in [-0.15, -0.1) is 0 Å². The van der Waals surface area contributed by atoms with E-state index in [9.17, 15) is 14.0 Å². The van der Waals surface area contributed by atoms with Crippen molar-refractivity contribution in [2.75, 3.05) is 53.4 Å². The first-order chi connectivity index (χ1) is 15.4. The van der Waals surface area contributed by atoms with Crippen LogP contribution in [0.1, 0.15) is 15.9 Å². The van der Waals surface area contributed by atoms with Crippen LogP contribution in [0.25, 0.3) is 0 Å². The first kappa shape index (κ1) is 23.7. The van der Waals surface area contributed by atoms with E-state index < -0.39 is 0 Å². The van der Waals surface area contributed by atoms with Gasteiger partial charge in [0.2, 0.25) is 0 Å². The Morgan fingerprint density at radius 2 is 1.81 bits per heavy atom. The average Bonchev–Trinajstić information content (AvgIpc) is 2.81. The Morgan fingerprint density at radius 1 is 1.09 bits per heavy atom. The number of ether oxygens (including phenoxy) is 1. The van der Waals surface area contributed by atoms with E-state index in [4.69, 9.17) is 4.74 Å². The molecule has 0 spiro atoms. The monoisotopic (exact) mass is 442 g/mol. The molecule has 0 aliphatic carbocycles. The summed E-state index contributed by atoms with van der Waals surface area (Å²) < 4.78 is 19.1. The summed E-state index contributed by atoms with van der Waals surface area (Å²) in [5.41, 5.74) is 1.46. The molecule has 0 bridgehead atoms. The van der Waals surface area contributed by atoms with Gasteiger partial charge in [0.15, 0.2) is 0 Å². The van der Waals surface area contributed by atoms with E-state index in [-0.39, 0.29) is 23.9 Å². The van der Waals surface area contributed by atoms with Gasteiger partial charge in [-0.3, -0.25) is 4.79 Å². The van der Waals surface area contributed by atoms with Crippen LogP contribution in [0.3, 0.4) is 0 Å². The van der Waals surface area contributed by atoms with Crippen molar-refractivity contribution in [2.45, 2.75) is 12.6 Å². The summed E-state index contributed by atoms with van der Waals surface area (Å²) in [6.07, 6.45) is -0.294.